The van der Waals surface area contributed by atoms with Gasteiger partial charge in [0.2, 0.25) is 0 Å². The molecule has 5 nitrogen and oxygen atoms in total. The van der Waals surface area contributed by atoms with Crippen molar-refractivity contribution in [3.8, 4) is 61.8 Å². The molecule has 0 unspecified atom stereocenters. The molecule has 0 atom stereocenters. The van der Waals surface area contributed by atoms with Crippen LogP contribution in [0.4, 0.5) is 22.7 Å². The lowest BCUT2D eigenvalue weighted by Gasteiger charge is -2.28. The highest BCUT2D eigenvalue weighted by molar-refractivity contribution is 6.09. The third-order valence-electron chi connectivity index (χ3n) is 14.4. The Bertz CT molecular complexity index is 3820. The number of para-hydroxylation sites is 4. The number of hydrogen-bond acceptors (Lipinski definition) is 4. The molecule has 3 heterocycles. The van der Waals surface area contributed by atoms with Crippen LogP contribution in [-0.2, 0) is 10.8 Å². The van der Waals surface area contributed by atoms with E-state index in [4.69, 9.17) is 9.72 Å². The smallest absolute Gasteiger partial charge is 0.137 e. The number of fused-ring (bicyclic) bond motifs is 4. The Morgan fingerprint density at radius 2 is 1.00 bits per heavy atom. The van der Waals surface area contributed by atoms with Crippen molar-refractivity contribution < 1.29 is 4.74 Å². The Morgan fingerprint density at radius 3 is 1.74 bits per heavy atom. The average Bonchev–Trinajstić information content (AvgIpc) is 3.97. The van der Waals surface area contributed by atoms with Crippen LogP contribution in [0.5, 0.6) is 11.5 Å². The molecule has 0 radical (unpaired) electrons. The lowest BCUT2D eigenvalue weighted by atomic mass is 9.82. The van der Waals surface area contributed by atoms with Crippen LogP contribution in [0.2, 0.25) is 0 Å². The van der Waals surface area contributed by atoms with E-state index in [1.54, 1.807) is 0 Å². The van der Waals surface area contributed by atoms with Crippen molar-refractivity contribution >= 4 is 44.6 Å². The van der Waals surface area contributed by atoms with Crippen molar-refractivity contribution in [3.63, 3.8) is 0 Å². The van der Waals surface area contributed by atoms with E-state index in [-0.39, 0.29) is 10.8 Å². The molecular weight excluding hydrogens is 889 g/mol. The zero-order valence-electron chi connectivity index (χ0n) is 42.3. The SMILES string of the molecule is CC(C)(C)c1ccc(-c2cccc(-c3cccc(-c4ccccc4)c3)c2N2CN(c3cccc(Oc4ccc5c6ccccc6n(-c6cc(C(C)(C)C)c(-c7ccccc7)cn6)c5c4)c3)c3ccccc32)cc1. The fraction of sp³-hybridized carbons (Fsp3) is 0.132. The van der Waals surface area contributed by atoms with Crippen molar-refractivity contribution in [2.75, 3.05) is 16.5 Å². The van der Waals surface area contributed by atoms with Crippen LogP contribution in [0, 0.1) is 0 Å². The number of rotatable bonds is 9. The van der Waals surface area contributed by atoms with Gasteiger partial charge in [-0.3, -0.25) is 4.57 Å². The van der Waals surface area contributed by atoms with Gasteiger partial charge in [0.05, 0.1) is 28.1 Å². The van der Waals surface area contributed by atoms with Crippen molar-refractivity contribution in [1.29, 1.82) is 0 Å². The van der Waals surface area contributed by atoms with Crippen LogP contribution in [-0.4, -0.2) is 16.2 Å². The summed E-state index contributed by atoms with van der Waals surface area (Å²) in [4.78, 5) is 10.1. The topological polar surface area (TPSA) is 33.5 Å². The van der Waals surface area contributed by atoms with Gasteiger partial charge in [-0.05, 0) is 104 Å². The Morgan fingerprint density at radius 1 is 0.411 bits per heavy atom. The lowest BCUT2D eigenvalue weighted by molar-refractivity contribution is 0.483. The molecule has 0 amide bonds. The number of nitrogens with zero attached hydrogens (tertiary/aromatic N) is 4. The molecular formula is C68H58N4O. The molecule has 5 heteroatoms. The second kappa shape index (κ2) is 18.2. The van der Waals surface area contributed by atoms with Crippen molar-refractivity contribution in [1.82, 2.24) is 9.55 Å². The second-order valence-electron chi connectivity index (χ2n) is 21.3. The maximum Gasteiger partial charge on any atom is 0.137 e. The van der Waals surface area contributed by atoms with E-state index < -0.39 is 0 Å². The summed E-state index contributed by atoms with van der Waals surface area (Å²) in [6.07, 6.45) is 2.04. The average molecular weight is 947 g/mol. The molecule has 9 aromatic carbocycles. The first-order valence-corrected chi connectivity index (χ1v) is 25.4. The van der Waals surface area contributed by atoms with Gasteiger partial charge in [-0.2, -0.15) is 0 Å². The Kier molecular flexibility index (Phi) is 11.3. The van der Waals surface area contributed by atoms with Gasteiger partial charge in [0, 0.05) is 51.5 Å². The zero-order valence-corrected chi connectivity index (χ0v) is 42.3. The van der Waals surface area contributed by atoms with Crippen LogP contribution in [0.3, 0.4) is 0 Å². The zero-order chi connectivity index (χ0) is 49.8. The number of anilines is 4. The molecule has 0 bridgehead atoms. The summed E-state index contributed by atoms with van der Waals surface area (Å²) < 4.78 is 9.18. The Balaban J connectivity index is 0.925. The standard InChI is InChI=1S/C68H58N4O/c1-67(2,3)51-36-34-48(35-37-51)55-29-19-30-56(50-25-17-24-49(40-50)46-20-9-7-10-21-46)66(55)71-45-70(62-32-15-16-33-63(62)71)52-26-18-27-53(41-52)73-54-38-39-58-57-28-13-14-31-61(57)72(64(58)42-54)65-43-60(68(4,5)6)59(44-69-65)47-22-11-8-12-23-47/h7-44H,45H2,1-6H3. The molecule has 356 valence electrons. The van der Waals surface area contributed by atoms with E-state index in [1.807, 2.05) is 6.20 Å². The second-order valence-corrected chi connectivity index (χ2v) is 21.3. The van der Waals surface area contributed by atoms with Gasteiger partial charge in [0.15, 0.2) is 0 Å². The molecule has 12 rings (SSSR count). The van der Waals surface area contributed by atoms with E-state index in [0.29, 0.717) is 6.67 Å². The summed E-state index contributed by atoms with van der Waals surface area (Å²) in [5, 5.41) is 2.32. The van der Waals surface area contributed by atoms with Gasteiger partial charge < -0.3 is 14.5 Å². The summed E-state index contributed by atoms with van der Waals surface area (Å²) in [7, 11) is 0. The highest BCUT2D eigenvalue weighted by atomic mass is 16.5. The van der Waals surface area contributed by atoms with E-state index in [2.05, 4.69) is 280 Å². The number of pyridine rings is 1. The van der Waals surface area contributed by atoms with Crippen molar-refractivity contribution in [2.45, 2.75) is 52.4 Å². The van der Waals surface area contributed by atoms with E-state index in [1.165, 1.54) is 55.6 Å². The van der Waals surface area contributed by atoms with Gasteiger partial charge in [-0.25, -0.2) is 4.98 Å². The first-order chi connectivity index (χ1) is 35.5. The fourth-order valence-corrected chi connectivity index (χ4v) is 10.7. The molecule has 11 aromatic rings. The summed E-state index contributed by atoms with van der Waals surface area (Å²) >= 11 is 0. The maximum absolute atomic E-state index is 6.89. The van der Waals surface area contributed by atoms with Crippen molar-refractivity contribution in [2.24, 2.45) is 0 Å². The normalized spacial score (nSPS) is 12.7. The number of ether oxygens (including phenoxy) is 1. The van der Waals surface area contributed by atoms with Gasteiger partial charge in [0.1, 0.15) is 24.0 Å². The van der Waals surface area contributed by atoms with E-state index >= 15 is 0 Å². The fourth-order valence-electron chi connectivity index (χ4n) is 10.7. The van der Waals surface area contributed by atoms with Crippen LogP contribution in [0.15, 0.2) is 231 Å². The van der Waals surface area contributed by atoms with Gasteiger partial charge in [-0.1, -0.05) is 199 Å². The van der Waals surface area contributed by atoms with Gasteiger partial charge >= 0.3 is 0 Å². The monoisotopic (exact) mass is 946 g/mol. The van der Waals surface area contributed by atoms with Crippen LogP contribution in [0.25, 0.3) is 72.1 Å². The summed E-state index contributed by atoms with van der Waals surface area (Å²) in [6, 6.07) is 80.7. The predicted octanol–water partition coefficient (Wildman–Crippen LogP) is 18.5. The molecule has 0 saturated carbocycles. The van der Waals surface area contributed by atoms with Crippen LogP contribution < -0.4 is 14.5 Å². The molecule has 2 aromatic heterocycles. The number of benzene rings is 9. The van der Waals surface area contributed by atoms with Crippen LogP contribution in [0.1, 0.15) is 52.7 Å². The minimum atomic E-state index is -0.119. The lowest BCUT2D eigenvalue weighted by Crippen LogP contribution is -2.25. The van der Waals surface area contributed by atoms with E-state index in [0.717, 1.165) is 61.9 Å². The molecule has 0 saturated heterocycles. The number of aromatic nitrogens is 2. The Labute approximate surface area is 429 Å². The summed E-state index contributed by atoms with van der Waals surface area (Å²) in [5.41, 5.74) is 18.5. The predicted molar refractivity (Wildman–Crippen MR) is 306 cm³/mol. The molecule has 0 fully saturated rings. The van der Waals surface area contributed by atoms with E-state index in [9.17, 15) is 0 Å². The maximum atomic E-state index is 6.89. The van der Waals surface area contributed by atoms with Crippen molar-refractivity contribution in [3.05, 3.63) is 242 Å². The molecule has 73 heavy (non-hydrogen) atoms. The largest absolute Gasteiger partial charge is 0.457 e. The van der Waals surface area contributed by atoms with Gasteiger partial charge in [-0.15, -0.1) is 0 Å². The first-order valence-electron chi connectivity index (χ1n) is 25.4. The highest BCUT2D eigenvalue weighted by Gasteiger charge is 2.32. The minimum absolute atomic E-state index is 0.0460. The quantitative estimate of drug-likeness (QED) is 0.144. The third-order valence-corrected chi connectivity index (χ3v) is 14.4. The highest BCUT2D eigenvalue weighted by Crippen LogP contribution is 2.51. The molecule has 0 aliphatic carbocycles. The third kappa shape index (κ3) is 8.51. The Hall–Kier alpha value is -8.67. The molecule has 1 aliphatic heterocycles. The molecule has 0 N–H and O–H groups in total. The van der Waals surface area contributed by atoms with Gasteiger partial charge in [0.25, 0.3) is 0 Å². The summed E-state index contributed by atoms with van der Waals surface area (Å²) in [5.74, 6) is 2.39. The minimum Gasteiger partial charge on any atom is -0.457 e. The molecule has 1 aliphatic rings. The van der Waals surface area contributed by atoms with Crippen LogP contribution >= 0.6 is 0 Å². The number of hydrogen-bond donors (Lipinski definition) is 0. The first kappa shape index (κ1) is 45.5. The summed E-state index contributed by atoms with van der Waals surface area (Å²) in [6.45, 7) is 14.2. The molecule has 0 spiro atoms.